The Bertz CT molecular complexity index is 112. The van der Waals surface area contributed by atoms with Gasteiger partial charge in [0.05, 0.1) is 6.61 Å². The normalized spacial score (nSPS) is 13.0. The first-order chi connectivity index (χ1) is 4.31. The zero-order valence-electron chi connectivity index (χ0n) is 6.09. The fraction of sp³-hybridized carbons (Fsp3) is 0.500. The number of hydrogen-bond acceptors (Lipinski definition) is 1. The molecule has 0 bridgehead atoms. The van der Waals surface area contributed by atoms with Crippen LogP contribution in [0.5, 0.6) is 0 Å². The third-order valence-corrected chi connectivity index (χ3v) is 1.00. The number of aliphatic hydroxyl groups is 1. The van der Waals surface area contributed by atoms with Gasteiger partial charge in [-0.1, -0.05) is 25.2 Å². The lowest BCUT2D eigenvalue weighted by molar-refractivity contribution is 0.331. The summed E-state index contributed by atoms with van der Waals surface area (Å²) in [5.41, 5.74) is 1.000. The van der Waals surface area contributed by atoms with Crippen molar-refractivity contribution >= 4 is 0 Å². The quantitative estimate of drug-likeness (QED) is 0.572. The van der Waals surface area contributed by atoms with Gasteiger partial charge in [0.25, 0.3) is 0 Å². The van der Waals surface area contributed by atoms with Gasteiger partial charge in [-0.25, -0.2) is 0 Å². The first kappa shape index (κ1) is 8.44. The smallest absolute Gasteiger partial charge is 0.0642 e. The van der Waals surface area contributed by atoms with E-state index in [4.69, 9.17) is 5.11 Å². The molecule has 1 nitrogen and oxygen atoms in total. The van der Waals surface area contributed by atoms with Gasteiger partial charge in [-0.05, 0) is 18.9 Å². The van der Waals surface area contributed by atoms with E-state index in [1.54, 1.807) is 0 Å². The molecule has 0 aromatic carbocycles. The van der Waals surface area contributed by atoms with E-state index in [0.29, 0.717) is 0 Å². The van der Waals surface area contributed by atoms with Crippen molar-refractivity contribution in [2.75, 3.05) is 6.61 Å². The van der Waals surface area contributed by atoms with Gasteiger partial charge in [0.15, 0.2) is 0 Å². The van der Waals surface area contributed by atoms with Crippen LogP contribution in [0.4, 0.5) is 0 Å². The van der Waals surface area contributed by atoms with Crippen LogP contribution in [-0.2, 0) is 0 Å². The second-order valence-corrected chi connectivity index (χ2v) is 2.01. The number of aliphatic hydroxyl groups excluding tert-OH is 1. The Hall–Kier alpha value is -0.560. The standard InChI is InChI=1S/C8H14O/c1-3-4-5-6-8(2)7-9/h4-6,9H,3,7H2,1-2H3/b5-4+,8-6+. The van der Waals surface area contributed by atoms with Crippen LogP contribution in [0.15, 0.2) is 23.8 Å². The Morgan fingerprint density at radius 1 is 1.56 bits per heavy atom. The molecule has 0 fully saturated rings. The van der Waals surface area contributed by atoms with Crippen molar-refractivity contribution in [2.24, 2.45) is 0 Å². The van der Waals surface area contributed by atoms with Crippen molar-refractivity contribution < 1.29 is 5.11 Å². The highest BCUT2D eigenvalue weighted by Crippen LogP contribution is 1.90. The average Bonchev–Trinajstić information content (AvgIpc) is 1.89. The van der Waals surface area contributed by atoms with Crippen LogP contribution < -0.4 is 0 Å². The Balaban J connectivity index is 3.55. The van der Waals surface area contributed by atoms with Gasteiger partial charge in [0.2, 0.25) is 0 Å². The maximum Gasteiger partial charge on any atom is 0.0642 e. The van der Waals surface area contributed by atoms with E-state index in [0.717, 1.165) is 12.0 Å². The molecule has 0 saturated heterocycles. The lowest BCUT2D eigenvalue weighted by atomic mass is 10.3. The second-order valence-electron chi connectivity index (χ2n) is 2.01. The van der Waals surface area contributed by atoms with Crippen LogP contribution in [0, 0.1) is 0 Å². The fourth-order valence-corrected chi connectivity index (χ4v) is 0.421. The van der Waals surface area contributed by atoms with Gasteiger partial charge in [-0.15, -0.1) is 0 Å². The third-order valence-electron chi connectivity index (χ3n) is 1.00. The molecular weight excluding hydrogens is 112 g/mol. The number of hydrogen-bond donors (Lipinski definition) is 1. The molecule has 52 valence electrons. The summed E-state index contributed by atoms with van der Waals surface area (Å²) < 4.78 is 0. The Morgan fingerprint density at radius 2 is 2.22 bits per heavy atom. The second kappa shape index (κ2) is 5.57. The number of allylic oxidation sites excluding steroid dienone is 3. The zero-order chi connectivity index (χ0) is 7.11. The lowest BCUT2D eigenvalue weighted by Gasteiger charge is -1.87. The van der Waals surface area contributed by atoms with Crippen LogP contribution in [0.1, 0.15) is 20.3 Å². The SMILES string of the molecule is CC/C=C/C=C(\C)CO. The molecular formula is C8H14O. The average molecular weight is 126 g/mol. The topological polar surface area (TPSA) is 20.2 Å². The van der Waals surface area contributed by atoms with Gasteiger partial charge in [-0.3, -0.25) is 0 Å². The van der Waals surface area contributed by atoms with Crippen LogP contribution in [0.2, 0.25) is 0 Å². The first-order valence-electron chi connectivity index (χ1n) is 3.24. The minimum Gasteiger partial charge on any atom is -0.392 e. The van der Waals surface area contributed by atoms with Crippen LogP contribution in [0.25, 0.3) is 0 Å². The molecule has 1 heteroatoms. The number of rotatable bonds is 3. The summed E-state index contributed by atoms with van der Waals surface area (Å²) in [5, 5.41) is 8.53. The molecule has 0 saturated carbocycles. The molecule has 0 amide bonds. The van der Waals surface area contributed by atoms with E-state index >= 15 is 0 Å². The van der Waals surface area contributed by atoms with Crippen molar-refractivity contribution in [3.63, 3.8) is 0 Å². The summed E-state index contributed by atoms with van der Waals surface area (Å²) >= 11 is 0. The Labute approximate surface area is 56.7 Å². The molecule has 0 aliphatic rings. The van der Waals surface area contributed by atoms with Crippen LogP contribution in [-0.4, -0.2) is 11.7 Å². The van der Waals surface area contributed by atoms with Gasteiger partial charge in [-0.2, -0.15) is 0 Å². The summed E-state index contributed by atoms with van der Waals surface area (Å²) in [7, 11) is 0. The molecule has 0 aliphatic heterocycles. The van der Waals surface area contributed by atoms with Gasteiger partial charge < -0.3 is 5.11 Å². The van der Waals surface area contributed by atoms with E-state index in [1.165, 1.54) is 0 Å². The molecule has 1 N–H and O–H groups in total. The molecule has 0 rings (SSSR count). The monoisotopic (exact) mass is 126 g/mol. The highest BCUT2D eigenvalue weighted by molar-refractivity contribution is 5.10. The largest absolute Gasteiger partial charge is 0.392 e. The van der Waals surface area contributed by atoms with Crippen molar-refractivity contribution in [2.45, 2.75) is 20.3 Å². The summed E-state index contributed by atoms with van der Waals surface area (Å²) in [4.78, 5) is 0. The summed E-state index contributed by atoms with van der Waals surface area (Å²) in [5.74, 6) is 0. The maximum absolute atomic E-state index is 8.53. The van der Waals surface area contributed by atoms with Crippen LogP contribution >= 0.6 is 0 Å². The van der Waals surface area contributed by atoms with Gasteiger partial charge in [0, 0.05) is 0 Å². The van der Waals surface area contributed by atoms with E-state index in [2.05, 4.69) is 13.0 Å². The molecule has 0 aromatic rings. The predicted octanol–water partition coefficient (Wildman–Crippen LogP) is 1.89. The van der Waals surface area contributed by atoms with E-state index in [9.17, 15) is 0 Å². The molecule has 0 radical (unpaired) electrons. The molecule has 0 aliphatic carbocycles. The Kier molecular flexibility index (Phi) is 5.23. The minimum atomic E-state index is 0.161. The van der Waals surface area contributed by atoms with E-state index in [1.807, 2.05) is 19.1 Å². The highest BCUT2D eigenvalue weighted by Gasteiger charge is 1.77. The summed E-state index contributed by atoms with van der Waals surface area (Å²) in [6, 6.07) is 0. The molecule has 0 aromatic heterocycles. The molecule has 0 spiro atoms. The third kappa shape index (κ3) is 5.31. The van der Waals surface area contributed by atoms with Crippen molar-refractivity contribution in [1.82, 2.24) is 0 Å². The minimum absolute atomic E-state index is 0.161. The van der Waals surface area contributed by atoms with E-state index in [-0.39, 0.29) is 6.61 Å². The zero-order valence-corrected chi connectivity index (χ0v) is 6.09. The predicted molar refractivity (Wildman–Crippen MR) is 40.3 cm³/mol. The Morgan fingerprint density at radius 3 is 2.67 bits per heavy atom. The van der Waals surface area contributed by atoms with E-state index < -0.39 is 0 Å². The maximum atomic E-state index is 8.53. The van der Waals surface area contributed by atoms with Crippen molar-refractivity contribution in [3.05, 3.63) is 23.8 Å². The first-order valence-corrected chi connectivity index (χ1v) is 3.24. The molecule has 0 atom stereocenters. The molecule has 0 heterocycles. The van der Waals surface area contributed by atoms with Crippen LogP contribution in [0.3, 0.4) is 0 Å². The molecule has 9 heavy (non-hydrogen) atoms. The lowest BCUT2D eigenvalue weighted by Crippen LogP contribution is -1.80. The van der Waals surface area contributed by atoms with Crippen molar-refractivity contribution in [3.8, 4) is 0 Å². The fourth-order valence-electron chi connectivity index (χ4n) is 0.421. The highest BCUT2D eigenvalue weighted by atomic mass is 16.3. The van der Waals surface area contributed by atoms with Gasteiger partial charge in [0.1, 0.15) is 0 Å². The summed E-state index contributed by atoms with van der Waals surface area (Å²) in [6.45, 7) is 4.15. The summed E-state index contributed by atoms with van der Waals surface area (Å²) in [6.07, 6.45) is 6.99. The van der Waals surface area contributed by atoms with Gasteiger partial charge >= 0.3 is 0 Å². The van der Waals surface area contributed by atoms with Crippen molar-refractivity contribution in [1.29, 1.82) is 0 Å². The molecule has 0 unspecified atom stereocenters.